The van der Waals surface area contributed by atoms with Crippen LogP contribution in [0, 0.1) is 0 Å². The Labute approximate surface area is 136 Å². The number of hydrogen-bond donors (Lipinski definition) is 1. The summed E-state index contributed by atoms with van der Waals surface area (Å²) in [6.45, 7) is 0. The summed E-state index contributed by atoms with van der Waals surface area (Å²) in [5, 5.41) is 8.03. The van der Waals surface area contributed by atoms with Crippen molar-refractivity contribution in [3.63, 3.8) is 0 Å². The lowest BCUT2D eigenvalue weighted by Crippen LogP contribution is -2.20. The molecule has 112 valence electrons. The van der Waals surface area contributed by atoms with Gasteiger partial charge in [0.25, 0.3) is 10.0 Å². The van der Waals surface area contributed by atoms with Crippen molar-refractivity contribution in [1.29, 1.82) is 0 Å². The standard InChI is InChI=1S/C15H12N2O2S3/c18-22(19,12-6-2-1-3-7-12)17-16-15(13-8-4-10-20-13)14-9-5-11-21-14/h1-11,17H. The molecule has 22 heavy (non-hydrogen) atoms. The summed E-state index contributed by atoms with van der Waals surface area (Å²) in [5.41, 5.74) is 0.629. The van der Waals surface area contributed by atoms with Gasteiger partial charge in [-0.2, -0.15) is 18.4 Å². The first-order valence-corrected chi connectivity index (χ1v) is 9.63. The van der Waals surface area contributed by atoms with Gasteiger partial charge in [-0.1, -0.05) is 30.3 Å². The van der Waals surface area contributed by atoms with Crippen molar-refractivity contribution < 1.29 is 8.42 Å². The molecule has 0 spiro atoms. The van der Waals surface area contributed by atoms with Gasteiger partial charge in [0.15, 0.2) is 0 Å². The largest absolute Gasteiger partial charge is 0.276 e. The highest BCUT2D eigenvalue weighted by molar-refractivity contribution is 7.89. The van der Waals surface area contributed by atoms with Crippen LogP contribution in [0.5, 0.6) is 0 Å². The van der Waals surface area contributed by atoms with Crippen molar-refractivity contribution in [3.05, 3.63) is 75.1 Å². The molecule has 2 aromatic heterocycles. The van der Waals surface area contributed by atoms with Gasteiger partial charge in [0.2, 0.25) is 0 Å². The maximum absolute atomic E-state index is 12.3. The van der Waals surface area contributed by atoms with Crippen LogP contribution in [0.4, 0.5) is 0 Å². The molecule has 0 amide bonds. The molecule has 0 atom stereocenters. The minimum atomic E-state index is -3.67. The van der Waals surface area contributed by atoms with Crippen molar-refractivity contribution in [2.75, 3.05) is 0 Å². The summed E-state index contributed by atoms with van der Waals surface area (Å²) < 4.78 is 24.5. The van der Waals surface area contributed by atoms with E-state index < -0.39 is 10.0 Å². The summed E-state index contributed by atoms with van der Waals surface area (Å²) >= 11 is 3.03. The van der Waals surface area contributed by atoms with Crippen LogP contribution in [-0.2, 0) is 10.0 Å². The minimum absolute atomic E-state index is 0.190. The first-order chi connectivity index (χ1) is 10.7. The van der Waals surface area contributed by atoms with Gasteiger partial charge in [-0.15, -0.1) is 22.7 Å². The van der Waals surface area contributed by atoms with Crippen LogP contribution in [0.2, 0.25) is 0 Å². The van der Waals surface area contributed by atoms with Gasteiger partial charge in [0, 0.05) is 0 Å². The molecule has 0 saturated heterocycles. The molecule has 0 unspecified atom stereocenters. The van der Waals surface area contributed by atoms with Gasteiger partial charge in [-0.05, 0) is 35.0 Å². The second-order valence-electron chi connectivity index (χ2n) is 4.32. The Balaban J connectivity index is 1.95. The van der Waals surface area contributed by atoms with Gasteiger partial charge >= 0.3 is 0 Å². The summed E-state index contributed by atoms with van der Waals surface area (Å²) in [6.07, 6.45) is 0. The number of sulfonamides is 1. The number of thiophene rings is 2. The maximum atomic E-state index is 12.3. The zero-order valence-corrected chi connectivity index (χ0v) is 13.8. The van der Waals surface area contributed by atoms with Crippen molar-refractivity contribution in [2.45, 2.75) is 4.90 Å². The van der Waals surface area contributed by atoms with Gasteiger partial charge < -0.3 is 0 Å². The molecular weight excluding hydrogens is 336 g/mol. The van der Waals surface area contributed by atoms with Gasteiger partial charge in [0.05, 0.1) is 14.6 Å². The van der Waals surface area contributed by atoms with Crippen LogP contribution < -0.4 is 4.83 Å². The molecular formula is C15H12N2O2S3. The van der Waals surface area contributed by atoms with Crippen molar-refractivity contribution >= 4 is 38.4 Å². The third-order valence-electron chi connectivity index (χ3n) is 2.84. The summed E-state index contributed by atoms with van der Waals surface area (Å²) in [4.78, 5) is 4.35. The number of rotatable bonds is 5. The minimum Gasteiger partial charge on any atom is -0.200 e. The van der Waals surface area contributed by atoms with E-state index in [1.54, 1.807) is 18.2 Å². The molecule has 2 heterocycles. The lowest BCUT2D eigenvalue weighted by atomic mass is 10.2. The highest BCUT2D eigenvalue weighted by Crippen LogP contribution is 2.20. The Kier molecular flexibility index (Phi) is 4.37. The zero-order valence-electron chi connectivity index (χ0n) is 11.3. The highest BCUT2D eigenvalue weighted by Gasteiger charge is 2.15. The number of nitrogens with zero attached hydrogens (tertiary/aromatic N) is 1. The van der Waals surface area contributed by atoms with E-state index in [0.29, 0.717) is 5.71 Å². The number of benzene rings is 1. The zero-order chi connectivity index (χ0) is 15.4. The fourth-order valence-electron chi connectivity index (χ4n) is 1.82. The second-order valence-corrected chi connectivity index (χ2v) is 7.88. The van der Waals surface area contributed by atoms with Crippen molar-refractivity contribution in [1.82, 2.24) is 4.83 Å². The van der Waals surface area contributed by atoms with Crippen LogP contribution in [-0.4, -0.2) is 14.1 Å². The average molecular weight is 348 g/mol. The first-order valence-electron chi connectivity index (χ1n) is 6.39. The molecule has 0 saturated carbocycles. The molecule has 0 aliphatic carbocycles. The molecule has 0 fully saturated rings. The monoisotopic (exact) mass is 348 g/mol. The Morgan fingerprint density at radius 3 is 1.95 bits per heavy atom. The van der Waals surface area contributed by atoms with Crippen LogP contribution in [0.1, 0.15) is 9.75 Å². The molecule has 4 nitrogen and oxygen atoms in total. The van der Waals surface area contributed by atoms with Gasteiger partial charge in [0.1, 0.15) is 5.71 Å². The fraction of sp³-hybridized carbons (Fsp3) is 0. The van der Waals surface area contributed by atoms with E-state index in [0.717, 1.165) is 9.75 Å². The third-order valence-corrected chi connectivity index (χ3v) is 5.82. The third kappa shape index (κ3) is 3.27. The molecule has 0 aliphatic rings. The number of hydrogen-bond acceptors (Lipinski definition) is 5. The lowest BCUT2D eigenvalue weighted by molar-refractivity contribution is 0.584. The van der Waals surface area contributed by atoms with E-state index >= 15 is 0 Å². The van der Waals surface area contributed by atoms with E-state index in [1.165, 1.54) is 34.8 Å². The lowest BCUT2D eigenvalue weighted by Gasteiger charge is -2.06. The van der Waals surface area contributed by atoms with Gasteiger partial charge in [-0.25, -0.2) is 0 Å². The van der Waals surface area contributed by atoms with Crippen molar-refractivity contribution in [2.24, 2.45) is 5.10 Å². The first kappa shape index (κ1) is 15.0. The molecule has 0 aliphatic heterocycles. The highest BCUT2D eigenvalue weighted by atomic mass is 32.2. The number of nitrogens with one attached hydrogen (secondary N) is 1. The normalized spacial score (nSPS) is 11.1. The van der Waals surface area contributed by atoms with E-state index in [9.17, 15) is 8.42 Å². The molecule has 1 aromatic carbocycles. The summed E-state index contributed by atoms with van der Waals surface area (Å²) in [5.74, 6) is 0. The Bertz CT molecular complexity index is 817. The van der Waals surface area contributed by atoms with Crippen LogP contribution in [0.25, 0.3) is 0 Å². The van der Waals surface area contributed by atoms with Crippen LogP contribution in [0.3, 0.4) is 0 Å². The summed E-state index contributed by atoms with van der Waals surface area (Å²) in [7, 11) is -3.67. The predicted octanol–water partition coefficient (Wildman–Crippen LogP) is 3.54. The Hall–Kier alpha value is -1.96. The second kappa shape index (κ2) is 6.43. The van der Waals surface area contributed by atoms with E-state index in [2.05, 4.69) is 9.93 Å². The maximum Gasteiger partial charge on any atom is 0.276 e. The molecule has 0 bridgehead atoms. The number of hydrazone groups is 1. The topological polar surface area (TPSA) is 58.5 Å². The smallest absolute Gasteiger partial charge is 0.200 e. The molecule has 7 heteroatoms. The van der Waals surface area contributed by atoms with E-state index in [1.807, 2.05) is 35.0 Å². The quantitative estimate of drug-likeness (QED) is 0.566. The Morgan fingerprint density at radius 1 is 0.864 bits per heavy atom. The molecule has 3 aromatic rings. The average Bonchev–Trinajstić information content (AvgIpc) is 3.22. The molecule has 0 radical (unpaired) electrons. The SMILES string of the molecule is O=S(=O)(NN=C(c1cccs1)c1cccs1)c1ccccc1. The molecule has 3 rings (SSSR count). The van der Waals surface area contributed by atoms with Gasteiger partial charge in [-0.3, -0.25) is 0 Å². The van der Waals surface area contributed by atoms with Crippen molar-refractivity contribution in [3.8, 4) is 0 Å². The van der Waals surface area contributed by atoms with Crippen LogP contribution >= 0.6 is 22.7 Å². The van der Waals surface area contributed by atoms with Crippen LogP contribution in [0.15, 0.2) is 75.4 Å². The Morgan fingerprint density at radius 2 is 1.45 bits per heavy atom. The van der Waals surface area contributed by atoms with E-state index in [4.69, 9.17) is 0 Å². The predicted molar refractivity (Wildman–Crippen MR) is 91.0 cm³/mol. The van der Waals surface area contributed by atoms with E-state index in [-0.39, 0.29) is 4.90 Å². The molecule has 1 N–H and O–H groups in total. The fourth-order valence-corrected chi connectivity index (χ4v) is 4.17. The summed E-state index contributed by atoms with van der Waals surface area (Å²) in [6, 6.07) is 15.9.